The number of amides is 1. The van der Waals surface area contributed by atoms with E-state index in [1.165, 1.54) is 0 Å². The summed E-state index contributed by atoms with van der Waals surface area (Å²) in [7, 11) is 1.61. The van der Waals surface area contributed by atoms with Crippen molar-refractivity contribution in [2.24, 2.45) is 0 Å². The van der Waals surface area contributed by atoms with Gasteiger partial charge >= 0.3 is 0 Å². The van der Waals surface area contributed by atoms with E-state index in [0.29, 0.717) is 35.5 Å². The number of carbonyl (C=O) groups excluding carboxylic acids is 2. The molecule has 1 amide bonds. The molecule has 0 aliphatic heterocycles. The minimum absolute atomic E-state index is 0.0705. The predicted octanol–water partition coefficient (Wildman–Crippen LogP) is 4.38. The van der Waals surface area contributed by atoms with Gasteiger partial charge in [0.2, 0.25) is 5.91 Å². The molecule has 1 saturated carbocycles. The van der Waals surface area contributed by atoms with Gasteiger partial charge in [-0.2, -0.15) is 10.2 Å². The molecule has 1 atom stereocenters. The first kappa shape index (κ1) is 25.4. The van der Waals surface area contributed by atoms with Gasteiger partial charge in [-0.3, -0.25) is 14.3 Å². The normalized spacial score (nSPS) is 14.2. The van der Waals surface area contributed by atoms with Crippen molar-refractivity contribution in [2.75, 3.05) is 7.11 Å². The number of hydrogen-bond acceptors (Lipinski definition) is 6. The lowest BCUT2D eigenvalue weighted by atomic mass is 9.87. The summed E-state index contributed by atoms with van der Waals surface area (Å²) in [6.45, 7) is 5.89. The first-order valence-electron chi connectivity index (χ1n) is 13.0. The van der Waals surface area contributed by atoms with Crippen molar-refractivity contribution in [3.05, 3.63) is 78.4 Å². The molecule has 9 nitrogen and oxygen atoms in total. The van der Waals surface area contributed by atoms with Gasteiger partial charge in [0, 0.05) is 35.8 Å². The van der Waals surface area contributed by atoms with E-state index in [1.54, 1.807) is 41.0 Å². The SMILES string of the molecule is C=CCc1ccc(OC)c(-c2nn(CC(=O)NC3CCC3)cc2C(CC)C(=O)c2cnn3cccnc23)c1. The van der Waals surface area contributed by atoms with Crippen molar-refractivity contribution in [1.82, 2.24) is 29.7 Å². The highest BCUT2D eigenvalue weighted by Gasteiger charge is 2.30. The molecule has 1 unspecified atom stereocenters. The van der Waals surface area contributed by atoms with Crippen LogP contribution in [0.5, 0.6) is 5.75 Å². The van der Waals surface area contributed by atoms with Crippen LogP contribution in [0.4, 0.5) is 0 Å². The summed E-state index contributed by atoms with van der Waals surface area (Å²) < 4.78 is 8.92. The minimum atomic E-state index is -0.517. The molecule has 1 aromatic carbocycles. The summed E-state index contributed by atoms with van der Waals surface area (Å²) in [6, 6.07) is 7.91. The van der Waals surface area contributed by atoms with Gasteiger partial charge in [-0.1, -0.05) is 19.1 Å². The smallest absolute Gasteiger partial charge is 0.241 e. The summed E-state index contributed by atoms with van der Waals surface area (Å²) in [5.41, 5.74) is 4.13. The molecule has 196 valence electrons. The van der Waals surface area contributed by atoms with E-state index in [4.69, 9.17) is 9.84 Å². The Kier molecular flexibility index (Phi) is 7.35. The largest absolute Gasteiger partial charge is 0.496 e. The lowest BCUT2D eigenvalue weighted by Gasteiger charge is -2.26. The first-order valence-corrected chi connectivity index (χ1v) is 13.0. The van der Waals surface area contributed by atoms with E-state index >= 15 is 0 Å². The molecule has 0 bridgehead atoms. The van der Waals surface area contributed by atoms with Crippen LogP contribution < -0.4 is 10.1 Å². The summed E-state index contributed by atoms with van der Waals surface area (Å²) in [4.78, 5) is 31.1. The number of ether oxygens (including phenoxy) is 1. The van der Waals surface area contributed by atoms with Gasteiger partial charge < -0.3 is 10.1 Å². The highest BCUT2D eigenvalue weighted by atomic mass is 16.5. The topological polar surface area (TPSA) is 103 Å². The second-order valence-corrected chi connectivity index (χ2v) is 9.62. The maximum atomic E-state index is 13.9. The molecule has 1 aliphatic rings. The number of hydrogen-bond donors (Lipinski definition) is 1. The van der Waals surface area contributed by atoms with Gasteiger partial charge in [0.25, 0.3) is 0 Å². The van der Waals surface area contributed by atoms with Crippen molar-refractivity contribution in [2.45, 2.75) is 57.5 Å². The Hall–Kier alpha value is -4.27. The van der Waals surface area contributed by atoms with Gasteiger partial charge in [0.1, 0.15) is 12.3 Å². The van der Waals surface area contributed by atoms with E-state index in [1.807, 2.05) is 37.4 Å². The van der Waals surface area contributed by atoms with Crippen molar-refractivity contribution in [3.63, 3.8) is 0 Å². The third-order valence-corrected chi connectivity index (χ3v) is 7.11. The fraction of sp³-hybridized carbons (Fsp3) is 0.345. The lowest BCUT2D eigenvalue weighted by molar-refractivity contribution is -0.123. The number of benzene rings is 1. The number of fused-ring (bicyclic) bond motifs is 1. The maximum absolute atomic E-state index is 13.9. The van der Waals surface area contributed by atoms with E-state index < -0.39 is 5.92 Å². The van der Waals surface area contributed by atoms with E-state index in [9.17, 15) is 9.59 Å². The molecule has 4 aromatic rings. The van der Waals surface area contributed by atoms with Gasteiger partial charge in [-0.05, 0) is 55.9 Å². The Labute approximate surface area is 221 Å². The molecular formula is C29H32N6O3. The number of nitrogens with zero attached hydrogens (tertiary/aromatic N) is 5. The average Bonchev–Trinajstić information content (AvgIpc) is 3.51. The highest BCUT2D eigenvalue weighted by Crippen LogP contribution is 2.38. The fourth-order valence-electron chi connectivity index (χ4n) is 4.92. The first-order chi connectivity index (χ1) is 18.5. The van der Waals surface area contributed by atoms with E-state index in [-0.39, 0.29) is 24.3 Å². The van der Waals surface area contributed by atoms with Crippen LogP contribution in [0.2, 0.25) is 0 Å². The van der Waals surface area contributed by atoms with Crippen LogP contribution in [0.15, 0.2) is 61.7 Å². The van der Waals surface area contributed by atoms with Crippen molar-refractivity contribution in [1.29, 1.82) is 0 Å². The average molecular weight is 513 g/mol. The standard InChI is InChI=1S/C29H32N6O3/c1-4-8-19-11-12-25(38-3)22(15-19)27-24(17-34(33-27)18-26(36)32-20-9-6-10-20)21(5-2)28(37)23-16-31-35-14-7-13-30-29(23)35/h4,7,11-17,20-21H,1,5-6,8-10,18H2,2-3H3,(H,32,36). The van der Waals surface area contributed by atoms with Gasteiger partial charge in [0.05, 0.1) is 30.5 Å². The number of aromatic nitrogens is 5. The third kappa shape index (κ3) is 4.96. The molecule has 0 spiro atoms. The molecule has 3 heterocycles. The number of allylic oxidation sites excluding steroid dienone is 1. The molecule has 0 saturated heterocycles. The van der Waals surface area contributed by atoms with Crippen LogP contribution in [0.3, 0.4) is 0 Å². The quantitative estimate of drug-likeness (QED) is 0.236. The number of ketones is 1. The van der Waals surface area contributed by atoms with Crippen molar-refractivity contribution < 1.29 is 14.3 Å². The molecule has 1 aliphatic carbocycles. The van der Waals surface area contributed by atoms with Gasteiger partial charge in [-0.15, -0.1) is 6.58 Å². The summed E-state index contributed by atoms with van der Waals surface area (Å²) in [5, 5.41) is 12.2. The van der Waals surface area contributed by atoms with Crippen LogP contribution in [0, 0.1) is 0 Å². The Morgan fingerprint density at radius 2 is 2.16 bits per heavy atom. The zero-order valence-electron chi connectivity index (χ0n) is 21.8. The van der Waals surface area contributed by atoms with Crippen molar-refractivity contribution in [3.8, 4) is 17.0 Å². The fourth-order valence-corrected chi connectivity index (χ4v) is 4.92. The maximum Gasteiger partial charge on any atom is 0.241 e. The molecular weight excluding hydrogens is 480 g/mol. The molecule has 1 fully saturated rings. The van der Waals surface area contributed by atoms with Crippen LogP contribution >= 0.6 is 0 Å². The van der Waals surface area contributed by atoms with Gasteiger partial charge in [-0.25, -0.2) is 9.50 Å². The summed E-state index contributed by atoms with van der Waals surface area (Å²) in [6.07, 6.45) is 13.0. The zero-order valence-corrected chi connectivity index (χ0v) is 21.8. The monoisotopic (exact) mass is 512 g/mol. The molecule has 1 N–H and O–H groups in total. The second-order valence-electron chi connectivity index (χ2n) is 9.62. The number of methoxy groups -OCH3 is 1. The Morgan fingerprint density at radius 3 is 2.87 bits per heavy atom. The molecule has 9 heteroatoms. The van der Waals surface area contributed by atoms with Crippen LogP contribution in [0.25, 0.3) is 16.9 Å². The third-order valence-electron chi connectivity index (χ3n) is 7.11. The number of rotatable bonds is 11. The van der Waals surface area contributed by atoms with E-state index in [2.05, 4.69) is 22.0 Å². The lowest BCUT2D eigenvalue weighted by Crippen LogP contribution is -2.41. The minimum Gasteiger partial charge on any atom is -0.496 e. The molecule has 5 rings (SSSR count). The molecule has 0 radical (unpaired) electrons. The van der Waals surface area contributed by atoms with Crippen LogP contribution in [-0.4, -0.2) is 49.2 Å². The van der Waals surface area contributed by atoms with Crippen molar-refractivity contribution >= 4 is 17.3 Å². The van der Waals surface area contributed by atoms with E-state index in [0.717, 1.165) is 36.0 Å². The number of carbonyl (C=O) groups is 2. The molecule has 38 heavy (non-hydrogen) atoms. The number of nitrogens with one attached hydrogen (secondary N) is 1. The van der Waals surface area contributed by atoms with Gasteiger partial charge in [0.15, 0.2) is 11.4 Å². The summed E-state index contributed by atoms with van der Waals surface area (Å²) in [5.74, 6) is -0.0598. The highest BCUT2D eigenvalue weighted by molar-refractivity contribution is 6.06. The van der Waals surface area contributed by atoms with Crippen LogP contribution in [-0.2, 0) is 17.8 Å². The second kappa shape index (κ2) is 11.0. The Balaban J connectivity index is 1.58. The zero-order chi connectivity index (χ0) is 26.6. The summed E-state index contributed by atoms with van der Waals surface area (Å²) >= 11 is 0. The Bertz CT molecular complexity index is 1480. The van der Waals surface area contributed by atoms with Crippen LogP contribution in [0.1, 0.15) is 60.0 Å². The molecule has 3 aromatic heterocycles. The predicted molar refractivity (Wildman–Crippen MR) is 144 cm³/mol. The number of Topliss-reactive ketones (excluding diaryl/α,β-unsaturated/α-hetero) is 1. The Morgan fingerprint density at radius 1 is 1.32 bits per heavy atom.